The molecular formula is C15H22FNO2. The molecule has 1 aromatic carbocycles. The van der Waals surface area contributed by atoms with Crippen molar-refractivity contribution in [3.8, 4) is 5.75 Å². The highest BCUT2D eigenvalue weighted by Crippen LogP contribution is 2.24. The summed E-state index contributed by atoms with van der Waals surface area (Å²) in [6.45, 7) is 3.60. The summed E-state index contributed by atoms with van der Waals surface area (Å²) in [5, 5.41) is 13.0. The molecule has 1 aromatic rings. The zero-order chi connectivity index (χ0) is 13.7. The van der Waals surface area contributed by atoms with Crippen molar-refractivity contribution in [2.75, 3.05) is 13.2 Å². The molecule has 1 saturated heterocycles. The second-order valence-corrected chi connectivity index (χ2v) is 5.16. The third kappa shape index (κ3) is 4.18. The molecule has 1 aliphatic heterocycles. The molecule has 2 unspecified atom stereocenters. The standard InChI is InChI=1S/C15H22FNO2/c1-11(14-10-12(16)5-6-15(14)18)17-8-7-13-4-2-3-9-19-13/h5-6,10-11,13,17-18H,2-4,7-9H2,1H3. The molecule has 0 radical (unpaired) electrons. The van der Waals surface area contributed by atoms with Gasteiger partial charge in [0.25, 0.3) is 0 Å². The Balaban J connectivity index is 1.80. The van der Waals surface area contributed by atoms with Gasteiger partial charge in [-0.15, -0.1) is 0 Å². The van der Waals surface area contributed by atoms with E-state index in [2.05, 4.69) is 5.32 Å². The summed E-state index contributed by atoms with van der Waals surface area (Å²) in [4.78, 5) is 0. The lowest BCUT2D eigenvalue weighted by Gasteiger charge is -2.23. The summed E-state index contributed by atoms with van der Waals surface area (Å²) in [5.41, 5.74) is 0.601. The van der Waals surface area contributed by atoms with Crippen LogP contribution in [0.4, 0.5) is 4.39 Å². The number of halogens is 1. The van der Waals surface area contributed by atoms with Gasteiger partial charge in [0, 0.05) is 18.2 Å². The van der Waals surface area contributed by atoms with Crippen molar-refractivity contribution in [1.29, 1.82) is 0 Å². The lowest BCUT2D eigenvalue weighted by atomic mass is 10.0. The Labute approximate surface area is 113 Å². The van der Waals surface area contributed by atoms with Crippen LogP contribution in [0.2, 0.25) is 0 Å². The molecule has 4 heteroatoms. The molecule has 0 spiro atoms. The molecule has 0 amide bonds. The average Bonchev–Trinajstić information content (AvgIpc) is 2.42. The Hall–Kier alpha value is -1.13. The van der Waals surface area contributed by atoms with Gasteiger partial charge in [0.2, 0.25) is 0 Å². The van der Waals surface area contributed by atoms with Crippen LogP contribution in [0.3, 0.4) is 0 Å². The van der Waals surface area contributed by atoms with E-state index in [-0.39, 0.29) is 17.6 Å². The summed E-state index contributed by atoms with van der Waals surface area (Å²) in [5.74, 6) is -0.188. The van der Waals surface area contributed by atoms with Crippen LogP contribution in [0.1, 0.15) is 44.2 Å². The minimum Gasteiger partial charge on any atom is -0.508 e. The number of phenols is 1. The average molecular weight is 267 g/mol. The van der Waals surface area contributed by atoms with Crippen molar-refractivity contribution >= 4 is 0 Å². The van der Waals surface area contributed by atoms with Crippen molar-refractivity contribution < 1.29 is 14.2 Å². The van der Waals surface area contributed by atoms with Gasteiger partial charge in [0.15, 0.2) is 0 Å². The fraction of sp³-hybridized carbons (Fsp3) is 0.600. The molecule has 2 N–H and O–H groups in total. The lowest BCUT2D eigenvalue weighted by molar-refractivity contribution is 0.0112. The fourth-order valence-corrected chi connectivity index (χ4v) is 2.48. The molecule has 106 valence electrons. The maximum atomic E-state index is 13.2. The van der Waals surface area contributed by atoms with Crippen LogP contribution >= 0.6 is 0 Å². The van der Waals surface area contributed by atoms with E-state index in [1.54, 1.807) is 0 Å². The van der Waals surface area contributed by atoms with Crippen LogP contribution in [0.25, 0.3) is 0 Å². The smallest absolute Gasteiger partial charge is 0.123 e. The number of nitrogens with one attached hydrogen (secondary N) is 1. The quantitative estimate of drug-likeness (QED) is 0.861. The normalized spacial score (nSPS) is 21.3. The Morgan fingerprint density at radius 2 is 2.32 bits per heavy atom. The molecule has 0 bridgehead atoms. The van der Waals surface area contributed by atoms with Crippen molar-refractivity contribution in [2.45, 2.75) is 44.8 Å². The summed E-state index contributed by atoms with van der Waals surface area (Å²) in [6.07, 6.45) is 4.83. The van der Waals surface area contributed by atoms with E-state index in [4.69, 9.17) is 4.74 Å². The van der Waals surface area contributed by atoms with Gasteiger partial charge in [-0.05, 0) is 57.4 Å². The Kier molecular flexibility index (Phi) is 5.16. The highest BCUT2D eigenvalue weighted by atomic mass is 19.1. The SMILES string of the molecule is CC(NCCC1CCCCO1)c1cc(F)ccc1O. The van der Waals surface area contributed by atoms with Gasteiger partial charge in [0.05, 0.1) is 6.10 Å². The molecular weight excluding hydrogens is 245 g/mol. The molecule has 0 aromatic heterocycles. The predicted molar refractivity (Wildman–Crippen MR) is 72.7 cm³/mol. The number of rotatable bonds is 5. The molecule has 3 nitrogen and oxygen atoms in total. The highest BCUT2D eigenvalue weighted by Gasteiger charge is 2.15. The first-order chi connectivity index (χ1) is 9.16. The van der Waals surface area contributed by atoms with Crippen LogP contribution in [-0.4, -0.2) is 24.4 Å². The van der Waals surface area contributed by atoms with Gasteiger partial charge < -0.3 is 15.2 Å². The summed E-state index contributed by atoms with van der Waals surface area (Å²) >= 11 is 0. The van der Waals surface area contributed by atoms with Gasteiger partial charge in [-0.3, -0.25) is 0 Å². The number of benzene rings is 1. The van der Waals surface area contributed by atoms with Crippen molar-refractivity contribution in [1.82, 2.24) is 5.32 Å². The van der Waals surface area contributed by atoms with E-state index in [1.165, 1.54) is 24.6 Å². The molecule has 0 aliphatic carbocycles. The molecule has 1 aliphatic rings. The van der Waals surface area contributed by atoms with E-state index < -0.39 is 0 Å². The zero-order valence-electron chi connectivity index (χ0n) is 11.4. The fourth-order valence-electron chi connectivity index (χ4n) is 2.48. The Bertz CT molecular complexity index is 405. The zero-order valence-corrected chi connectivity index (χ0v) is 11.4. The molecule has 2 atom stereocenters. The predicted octanol–water partition coefficient (Wildman–Crippen LogP) is 3.14. The largest absolute Gasteiger partial charge is 0.508 e. The van der Waals surface area contributed by atoms with E-state index >= 15 is 0 Å². The summed E-state index contributed by atoms with van der Waals surface area (Å²) in [6, 6.07) is 3.97. The van der Waals surface area contributed by atoms with Crippen LogP contribution < -0.4 is 5.32 Å². The van der Waals surface area contributed by atoms with E-state index in [1.807, 2.05) is 6.92 Å². The minimum absolute atomic E-state index is 0.0701. The van der Waals surface area contributed by atoms with Crippen LogP contribution in [0.5, 0.6) is 5.75 Å². The number of aromatic hydroxyl groups is 1. The van der Waals surface area contributed by atoms with Crippen molar-refractivity contribution in [3.05, 3.63) is 29.6 Å². The third-order valence-corrected chi connectivity index (χ3v) is 3.65. The van der Waals surface area contributed by atoms with Crippen LogP contribution in [0, 0.1) is 5.82 Å². The Morgan fingerprint density at radius 3 is 3.05 bits per heavy atom. The first kappa shape index (κ1) is 14.3. The number of phenolic OH excluding ortho intramolecular Hbond substituents is 1. The maximum absolute atomic E-state index is 13.2. The Morgan fingerprint density at radius 1 is 1.47 bits per heavy atom. The number of hydrogen-bond acceptors (Lipinski definition) is 3. The van der Waals surface area contributed by atoms with E-state index in [0.717, 1.165) is 32.4 Å². The first-order valence-electron chi connectivity index (χ1n) is 7.00. The first-order valence-corrected chi connectivity index (χ1v) is 7.00. The molecule has 19 heavy (non-hydrogen) atoms. The van der Waals surface area contributed by atoms with E-state index in [9.17, 15) is 9.50 Å². The van der Waals surface area contributed by atoms with Gasteiger partial charge in [-0.1, -0.05) is 0 Å². The maximum Gasteiger partial charge on any atom is 0.123 e. The van der Waals surface area contributed by atoms with Gasteiger partial charge >= 0.3 is 0 Å². The number of hydrogen-bond donors (Lipinski definition) is 2. The van der Waals surface area contributed by atoms with Crippen molar-refractivity contribution in [3.63, 3.8) is 0 Å². The van der Waals surface area contributed by atoms with Gasteiger partial charge in [0.1, 0.15) is 11.6 Å². The monoisotopic (exact) mass is 267 g/mol. The molecule has 2 rings (SSSR count). The summed E-state index contributed by atoms with van der Waals surface area (Å²) < 4.78 is 18.8. The molecule has 1 fully saturated rings. The number of ether oxygens (including phenoxy) is 1. The topological polar surface area (TPSA) is 41.5 Å². The summed E-state index contributed by atoms with van der Waals surface area (Å²) in [7, 11) is 0. The van der Waals surface area contributed by atoms with Gasteiger partial charge in [-0.25, -0.2) is 4.39 Å². The third-order valence-electron chi connectivity index (χ3n) is 3.65. The van der Waals surface area contributed by atoms with Crippen molar-refractivity contribution in [2.24, 2.45) is 0 Å². The van der Waals surface area contributed by atoms with Gasteiger partial charge in [-0.2, -0.15) is 0 Å². The minimum atomic E-state index is -0.322. The highest BCUT2D eigenvalue weighted by molar-refractivity contribution is 5.34. The van der Waals surface area contributed by atoms with Crippen LogP contribution in [-0.2, 0) is 4.74 Å². The van der Waals surface area contributed by atoms with E-state index in [0.29, 0.717) is 11.7 Å². The second kappa shape index (κ2) is 6.87. The van der Waals surface area contributed by atoms with Crippen LogP contribution in [0.15, 0.2) is 18.2 Å². The molecule has 1 heterocycles. The lowest BCUT2D eigenvalue weighted by Crippen LogP contribution is -2.27. The molecule has 0 saturated carbocycles. The second-order valence-electron chi connectivity index (χ2n) is 5.16.